The number of thiazole rings is 1. The first-order chi connectivity index (χ1) is 17.5. The summed E-state index contributed by atoms with van der Waals surface area (Å²) in [6.45, 7) is 0. The largest absolute Gasteiger partial charge is 0.457 e. The van der Waals surface area contributed by atoms with Crippen LogP contribution in [-0.2, 0) is 7.05 Å². The molecule has 36 heavy (non-hydrogen) atoms. The van der Waals surface area contributed by atoms with Crippen molar-refractivity contribution in [3.63, 3.8) is 0 Å². The molecule has 3 aromatic heterocycles. The minimum atomic E-state index is -0.287. The van der Waals surface area contributed by atoms with Crippen molar-refractivity contribution in [2.24, 2.45) is 7.05 Å². The Morgan fingerprint density at radius 2 is 1.75 bits per heavy atom. The maximum absolute atomic E-state index is 12.4. The Bertz CT molecular complexity index is 1550. The number of carbonyl (C=O) groups is 2. The second kappa shape index (κ2) is 9.84. The second-order valence-corrected chi connectivity index (χ2v) is 8.59. The molecular weight excluding hydrogens is 478 g/mol. The van der Waals surface area contributed by atoms with E-state index in [2.05, 4.69) is 30.9 Å². The first-order valence-electron chi connectivity index (χ1n) is 10.9. The van der Waals surface area contributed by atoms with Gasteiger partial charge in [-0.2, -0.15) is 0 Å². The van der Waals surface area contributed by atoms with Gasteiger partial charge in [-0.3, -0.25) is 19.9 Å². The lowest BCUT2D eigenvalue weighted by Gasteiger charge is -2.08. The molecule has 0 atom stereocenters. The lowest BCUT2D eigenvalue weighted by atomic mass is 10.2. The number of benzene rings is 2. The van der Waals surface area contributed by atoms with Crippen LogP contribution in [0.15, 0.2) is 72.4 Å². The van der Waals surface area contributed by atoms with E-state index in [9.17, 15) is 9.59 Å². The van der Waals surface area contributed by atoms with Gasteiger partial charge >= 0.3 is 0 Å². The minimum absolute atomic E-state index is 0.219. The van der Waals surface area contributed by atoms with Crippen LogP contribution < -0.4 is 20.7 Å². The van der Waals surface area contributed by atoms with Crippen LogP contribution in [0.4, 0.5) is 16.8 Å². The highest BCUT2D eigenvalue weighted by Gasteiger charge is 2.12. The van der Waals surface area contributed by atoms with Crippen molar-refractivity contribution < 1.29 is 14.3 Å². The van der Waals surface area contributed by atoms with Crippen molar-refractivity contribution in [1.29, 1.82) is 0 Å². The molecule has 0 saturated carbocycles. The lowest BCUT2D eigenvalue weighted by molar-refractivity contribution is 0.0957. The van der Waals surface area contributed by atoms with Crippen LogP contribution >= 0.6 is 11.3 Å². The van der Waals surface area contributed by atoms with E-state index in [-0.39, 0.29) is 17.5 Å². The first-order valence-corrected chi connectivity index (χ1v) is 11.8. The van der Waals surface area contributed by atoms with Gasteiger partial charge in [0.1, 0.15) is 17.2 Å². The van der Waals surface area contributed by atoms with Crippen LogP contribution in [0.1, 0.15) is 20.8 Å². The molecule has 3 heterocycles. The zero-order valence-corrected chi connectivity index (χ0v) is 20.2. The SMILES string of the molecule is CNC(=O)c1cc(Oc2ccc3c(c2)nc(Nc2ccc(C(=O)Nc4nccs4)cc2)n3C)ccn1. The van der Waals surface area contributed by atoms with Crippen LogP contribution in [0.3, 0.4) is 0 Å². The molecule has 0 aliphatic rings. The van der Waals surface area contributed by atoms with Crippen molar-refractivity contribution in [2.75, 3.05) is 17.7 Å². The number of pyridine rings is 1. The summed E-state index contributed by atoms with van der Waals surface area (Å²) in [7, 11) is 3.46. The van der Waals surface area contributed by atoms with Gasteiger partial charge in [-0.25, -0.2) is 9.97 Å². The molecule has 10 nitrogen and oxygen atoms in total. The maximum atomic E-state index is 12.4. The molecule has 5 aromatic rings. The summed E-state index contributed by atoms with van der Waals surface area (Å²) in [6.07, 6.45) is 3.16. The Morgan fingerprint density at radius 1 is 0.944 bits per heavy atom. The van der Waals surface area contributed by atoms with Gasteiger partial charge in [-0.1, -0.05) is 0 Å². The second-order valence-electron chi connectivity index (χ2n) is 7.70. The quantitative estimate of drug-likeness (QED) is 0.300. The summed E-state index contributed by atoms with van der Waals surface area (Å²) < 4.78 is 7.86. The summed E-state index contributed by atoms with van der Waals surface area (Å²) in [6, 6.07) is 15.9. The summed E-state index contributed by atoms with van der Waals surface area (Å²) >= 11 is 1.36. The number of fused-ring (bicyclic) bond motifs is 1. The Balaban J connectivity index is 1.31. The molecule has 0 fully saturated rings. The summed E-state index contributed by atoms with van der Waals surface area (Å²) in [4.78, 5) is 37.0. The fraction of sp³-hybridized carbons (Fsp3) is 0.0800. The van der Waals surface area contributed by atoms with Gasteiger partial charge in [0.2, 0.25) is 5.95 Å². The fourth-order valence-electron chi connectivity index (χ4n) is 3.51. The van der Waals surface area contributed by atoms with Gasteiger partial charge in [0.05, 0.1) is 11.0 Å². The molecule has 0 bridgehead atoms. The first kappa shape index (κ1) is 23.0. The van der Waals surface area contributed by atoms with E-state index in [1.54, 1.807) is 42.9 Å². The van der Waals surface area contributed by atoms with Crippen molar-refractivity contribution in [3.8, 4) is 11.5 Å². The van der Waals surface area contributed by atoms with E-state index >= 15 is 0 Å². The van der Waals surface area contributed by atoms with E-state index < -0.39 is 0 Å². The van der Waals surface area contributed by atoms with Crippen molar-refractivity contribution in [2.45, 2.75) is 0 Å². The zero-order chi connectivity index (χ0) is 25.1. The molecule has 0 saturated heterocycles. The third-order valence-electron chi connectivity index (χ3n) is 5.34. The Hall–Kier alpha value is -4.77. The van der Waals surface area contributed by atoms with E-state index in [4.69, 9.17) is 4.74 Å². The number of hydrogen-bond donors (Lipinski definition) is 3. The number of anilines is 3. The molecule has 0 spiro atoms. The number of hydrogen-bond acceptors (Lipinski definition) is 8. The average Bonchev–Trinajstić information content (AvgIpc) is 3.51. The van der Waals surface area contributed by atoms with Crippen molar-refractivity contribution >= 4 is 51.0 Å². The topological polar surface area (TPSA) is 123 Å². The monoisotopic (exact) mass is 499 g/mol. The van der Waals surface area contributed by atoms with Crippen LogP contribution in [0.5, 0.6) is 11.5 Å². The number of ether oxygens (including phenoxy) is 1. The van der Waals surface area contributed by atoms with Crippen molar-refractivity contribution in [3.05, 3.63) is 83.6 Å². The third-order valence-corrected chi connectivity index (χ3v) is 6.02. The van der Waals surface area contributed by atoms with Crippen LogP contribution in [0, 0.1) is 0 Å². The molecule has 0 aliphatic heterocycles. The molecule has 11 heteroatoms. The van der Waals surface area contributed by atoms with Gasteiger partial charge in [-0.05, 0) is 42.5 Å². The summed E-state index contributed by atoms with van der Waals surface area (Å²) in [5.74, 6) is 1.20. The number of amides is 2. The molecule has 0 radical (unpaired) electrons. The number of aryl methyl sites for hydroxylation is 1. The van der Waals surface area contributed by atoms with Crippen LogP contribution in [0.2, 0.25) is 0 Å². The number of nitrogens with zero attached hydrogens (tertiary/aromatic N) is 4. The number of imidazole rings is 1. The van der Waals surface area contributed by atoms with Gasteiger partial charge in [0.15, 0.2) is 5.13 Å². The third kappa shape index (κ3) is 4.86. The van der Waals surface area contributed by atoms with Crippen LogP contribution in [0.25, 0.3) is 11.0 Å². The zero-order valence-electron chi connectivity index (χ0n) is 19.4. The number of rotatable bonds is 7. The molecule has 0 unspecified atom stereocenters. The van der Waals surface area contributed by atoms with Gasteiger partial charge in [-0.15, -0.1) is 11.3 Å². The number of carbonyl (C=O) groups excluding carboxylic acids is 2. The van der Waals surface area contributed by atoms with Crippen LogP contribution in [-0.4, -0.2) is 38.4 Å². The molecule has 2 amide bonds. The smallest absolute Gasteiger partial charge is 0.269 e. The molecule has 180 valence electrons. The average molecular weight is 500 g/mol. The lowest BCUT2D eigenvalue weighted by Crippen LogP contribution is -2.18. The van der Waals surface area contributed by atoms with E-state index in [0.717, 1.165) is 16.7 Å². The molecule has 0 aliphatic carbocycles. The highest BCUT2D eigenvalue weighted by molar-refractivity contribution is 7.13. The minimum Gasteiger partial charge on any atom is -0.457 e. The summed E-state index contributed by atoms with van der Waals surface area (Å²) in [5, 5.41) is 11.0. The van der Waals surface area contributed by atoms with Gasteiger partial charge in [0, 0.05) is 55.3 Å². The van der Waals surface area contributed by atoms with E-state index in [1.165, 1.54) is 17.5 Å². The molecular formula is C25H21N7O3S. The highest BCUT2D eigenvalue weighted by Crippen LogP contribution is 2.28. The van der Waals surface area contributed by atoms with E-state index in [0.29, 0.717) is 28.1 Å². The van der Waals surface area contributed by atoms with Gasteiger partial charge in [0.25, 0.3) is 11.8 Å². The Morgan fingerprint density at radius 3 is 2.50 bits per heavy atom. The fourth-order valence-corrected chi connectivity index (χ4v) is 4.03. The predicted octanol–water partition coefficient (Wildman–Crippen LogP) is 4.57. The number of nitrogens with one attached hydrogen (secondary N) is 3. The van der Waals surface area contributed by atoms with Crippen molar-refractivity contribution in [1.82, 2.24) is 24.8 Å². The molecule has 2 aromatic carbocycles. The Labute approximate surface area is 210 Å². The standard InChI is InChI=1S/C25H21N7O3S/c1-26-23(34)20-14-18(9-10-27-20)35-17-7-8-21-19(13-17)30-24(32(21)2)29-16-5-3-15(4-6-16)22(33)31-25-28-11-12-36-25/h3-14H,1-2H3,(H,26,34)(H,29,30)(H,28,31,33). The van der Waals surface area contributed by atoms with Gasteiger partial charge < -0.3 is 19.9 Å². The van der Waals surface area contributed by atoms with E-state index in [1.807, 2.05) is 41.9 Å². The predicted molar refractivity (Wildman–Crippen MR) is 138 cm³/mol. The highest BCUT2D eigenvalue weighted by atomic mass is 32.1. The number of aromatic nitrogens is 4. The molecule has 5 rings (SSSR count). The maximum Gasteiger partial charge on any atom is 0.269 e. The Kier molecular flexibility index (Phi) is 6.29. The molecule has 3 N–H and O–H groups in total. The normalized spacial score (nSPS) is 10.7. The summed E-state index contributed by atoms with van der Waals surface area (Å²) in [5.41, 5.74) is 3.22.